The van der Waals surface area contributed by atoms with Crippen LogP contribution in [0.3, 0.4) is 0 Å². The summed E-state index contributed by atoms with van der Waals surface area (Å²) in [7, 11) is 0. The monoisotopic (exact) mass is 414 g/mol. The third-order valence-electron chi connectivity index (χ3n) is 5.01. The van der Waals surface area contributed by atoms with Gasteiger partial charge in [-0.25, -0.2) is 0 Å². The van der Waals surface area contributed by atoms with Crippen molar-refractivity contribution < 1.29 is 18.5 Å². The number of rotatable bonds is 6. The first-order valence-electron chi connectivity index (χ1n) is 9.59. The van der Waals surface area contributed by atoms with Crippen LogP contribution < -0.4 is 5.32 Å². The zero-order valence-electron chi connectivity index (χ0n) is 16.1. The van der Waals surface area contributed by atoms with Gasteiger partial charge < -0.3 is 19.2 Å². The molecule has 3 aromatic heterocycles. The molecule has 0 saturated carbocycles. The molecule has 0 bridgehead atoms. The first-order valence-corrected chi connectivity index (χ1v) is 10.5. The van der Waals surface area contributed by atoms with Crippen LogP contribution in [0, 0.1) is 6.92 Å². The number of furan rings is 1. The second kappa shape index (κ2) is 8.60. The number of likely N-dealkylation sites (tertiary alicyclic amines) is 1. The van der Waals surface area contributed by atoms with E-state index in [0.717, 1.165) is 23.3 Å². The third kappa shape index (κ3) is 4.56. The summed E-state index contributed by atoms with van der Waals surface area (Å²) in [5.74, 6) is 1.25. The average molecular weight is 414 g/mol. The highest BCUT2D eigenvalue weighted by Gasteiger charge is 2.25. The highest BCUT2D eigenvalue weighted by atomic mass is 32.1. The number of carbonyl (C=O) groups excluding carboxylic acids is 2. The molecule has 0 atom stereocenters. The second-order valence-corrected chi connectivity index (χ2v) is 8.00. The van der Waals surface area contributed by atoms with E-state index >= 15 is 0 Å². The summed E-state index contributed by atoms with van der Waals surface area (Å²) in [4.78, 5) is 31.9. The lowest BCUT2D eigenvalue weighted by molar-refractivity contribution is -0.132. The molecule has 152 valence electrons. The molecular formula is C20H22N4O4S. The number of aromatic nitrogens is 2. The Labute approximate surface area is 171 Å². The molecule has 1 saturated heterocycles. The van der Waals surface area contributed by atoms with Gasteiger partial charge in [0.25, 0.3) is 5.91 Å². The summed E-state index contributed by atoms with van der Waals surface area (Å²) >= 11 is 1.54. The summed E-state index contributed by atoms with van der Waals surface area (Å²) in [6.07, 6.45) is 3.71. The van der Waals surface area contributed by atoms with E-state index in [2.05, 4.69) is 15.5 Å². The number of hydrogen-bond donors (Lipinski definition) is 1. The van der Waals surface area contributed by atoms with Gasteiger partial charge >= 0.3 is 0 Å². The van der Waals surface area contributed by atoms with E-state index in [4.69, 9.17) is 8.94 Å². The highest BCUT2D eigenvalue weighted by Crippen LogP contribution is 2.22. The molecule has 0 spiro atoms. The maximum absolute atomic E-state index is 12.5. The maximum Gasteiger partial charge on any atom is 0.287 e. The van der Waals surface area contributed by atoms with Crippen LogP contribution in [0.15, 0.2) is 38.8 Å². The quantitative estimate of drug-likeness (QED) is 0.665. The Morgan fingerprint density at radius 1 is 1.31 bits per heavy atom. The van der Waals surface area contributed by atoms with Crippen LogP contribution in [-0.4, -0.2) is 46.0 Å². The van der Waals surface area contributed by atoms with Crippen LogP contribution in [0.2, 0.25) is 0 Å². The van der Waals surface area contributed by atoms with E-state index in [1.54, 1.807) is 17.4 Å². The van der Waals surface area contributed by atoms with Gasteiger partial charge in [0.1, 0.15) is 0 Å². The Morgan fingerprint density at radius 2 is 2.14 bits per heavy atom. The minimum atomic E-state index is -0.199. The number of piperidine rings is 1. The molecule has 0 radical (unpaired) electrons. The second-order valence-electron chi connectivity index (χ2n) is 7.05. The van der Waals surface area contributed by atoms with Crippen LogP contribution in [0.25, 0.3) is 10.7 Å². The van der Waals surface area contributed by atoms with E-state index in [-0.39, 0.29) is 17.9 Å². The zero-order valence-corrected chi connectivity index (χ0v) is 16.9. The Bertz CT molecular complexity index is 970. The molecule has 4 heterocycles. The largest absolute Gasteiger partial charge is 0.459 e. The first-order chi connectivity index (χ1) is 14.1. The molecular weight excluding hydrogens is 392 g/mol. The van der Waals surface area contributed by atoms with Gasteiger partial charge in [-0.1, -0.05) is 11.2 Å². The van der Waals surface area contributed by atoms with Crippen molar-refractivity contribution in [2.45, 2.75) is 38.6 Å². The Kier molecular flexibility index (Phi) is 5.75. The molecule has 0 aliphatic carbocycles. The maximum atomic E-state index is 12.5. The first kappa shape index (κ1) is 19.4. The number of nitrogens with zero attached hydrogens (tertiary/aromatic N) is 3. The summed E-state index contributed by atoms with van der Waals surface area (Å²) in [6, 6.07) is 5.67. The van der Waals surface area contributed by atoms with E-state index in [1.165, 1.54) is 6.26 Å². The summed E-state index contributed by atoms with van der Waals surface area (Å²) < 4.78 is 10.5. The van der Waals surface area contributed by atoms with Crippen LogP contribution >= 0.6 is 11.3 Å². The Morgan fingerprint density at radius 3 is 2.83 bits per heavy atom. The number of hydrogen-bond acceptors (Lipinski definition) is 7. The van der Waals surface area contributed by atoms with Crippen LogP contribution in [-0.2, 0) is 11.2 Å². The van der Waals surface area contributed by atoms with Crippen molar-refractivity contribution in [1.82, 2.24) is 20.4 Å². The number of amides is 2. The van der Waals surface area contributed by atoms with Gasteiger partial charge in [0, 0.05) is 37.5 Å². The average Bonchev–Trinajstić information content (AvgIpc) is 3.48. The van der Waals surface area contributed by atoms with E-state index in [9.17, 15) is 9.59 Å². The molecule has 0 aromatic carbocycles. The van der Waals surface area contributed by atoms with E-state index in [1.807, 2.05) is 29.3 Å². The Balaban J connectivity index is 1.22. The molecule has 2 amide bonds. The molecule has 1 N–H and O–H groups in total. The fourth-order valence-corrected chi connectivity index (χ4v) is 4.01. The molecule has 1 fully saturated rings. The van der Waals surface area contributed by atoms with Crippen molar-refractivity contribution in [2.24, 2.45) is 0 Å². The smallest absolute Gasteiger partial charge is 0.287 e. The summed E-state index contributed by atoms with van der Waals surface area (Å²) in [5.41, 5.74) is 0.818. The standard InChI is InChI=1S/C20H22N4O4S/c1-13-8-11-27-18(13)20(26)21-14-6-9-24(10-7-14)17(25)5-4-16-22-19(23-28-16)15-3-2-12-29-15/h2-3,8,11-12,14H,4-7,9-10H2,1H3,(H,21,26). The normalized spacial score (nSPS) is 14.9. The van der Waals surface area contributed by atoms with E-state index in [0.29, 0.717) is 43.4 Å². The van der Waals surface area contributed by atoms with Crippen molar-refractivity contribution in [3.05, 3.63) is 47.1 Å². The molecule has 29 heavy (non-hydrogen) atoms. The van der Waals surface area contributed by atoms with Gasteiger partial charge in [0.15, 0.2) is 5.76 Å². The molecule has 3 aromatic rings. The predicted molar refractivity (Wildman–Crippen MR) is 106 cm³/mol. The third-order valence-corrected chi connectivity index (χ3v) is 5.88. The lowest BCUT2D eigenvalue weighted by Crippen LogP contribution is -2.46. The topological polar surface area (TPSA) is 101 Å². The lowest BCUT2D eigenvalue weighted by atomic mass is 10.0. The minimum absolute atomic E-state index is 0.0420. The van der Waals surface area contributed by atoms with Gasteiger partial charge in [-0.15, -0.1) is 11.3 Å². The fourth-order valence-electron chi connectivity index (χ4n) is 3.36. The number of aryl methyl sites for hydroxylation is 2. The van der Waals surface area contributed by atoms with E-state index < -0.39 is 0 Å². The van der Waals surface area contributed by atoms with Crippen molar-refractivity contribution in [3.8, 4) is 10.7 Å². The Hall–Kier alpha value is -2.94. The SMILES string of the molecule is Cc1ccoc1C(=O)NC1CCN(C(=O)CCc2nc(-c3cccs3)no2)CC1. The molecule has 1 aliphatic rings. The van der Waals surface area contributed by atoms with Gasteiger partial charge in [-0.3, -0.25) is 9.59 Å². The molecule has 0 unspecified atom stereocenters. The van der Waals surface area contributed by atoms with Crippen molar-refractivity contribution in [3.63, 3.8) is 0 Å². The van der Waals surface area contributed by atoms with Crippen LogP contribution in [0.1, 0.15) is 41.3 Å². The number of thiophene rings is 1. The van der Waals surface area contributed by atoms with Crippen LogP contribution in [0.5, 0.6) is 0 Å². The van der Waals surface area contributed by atoms with Gasteiger partial charge in [-0.05, 0) is 37.3 Å². The fraction of sp³-hybridized carbons (Fsp3) is 0.400. The highest BCUT2D eigenvalue weighted by molar-refractivity contribution is 7.13. The molecule has 8 nitrogen and oxygen atoms in total. The zero-order chi connectivity index (χ0) is 20.2. The number of nitrogens with one attached hydrogen (secondary N) is 1. The van der Waals surface area contributed by atoms with Crippen molar-refractivity contribution in [2.75, 3.05) is 13.1 Å². The summed E-state index contributed by atoms with van der Waals surface area (Å²) in [6.45, 7) is 3.07. The van der Waals surface area contributed by atoms with Crippen LogP contribution in [0.4, 0.5) is 0 Å². The summed E-state index contributed by atoms with van der Waals surface area (Å²) in [5, 5.41) is 8.91. The number of carbonyl (C=O) groups is 2. The van der Waals surface area contributed by atoms with Gasteiger partial charge in [0.05, 0.1) is 11.1 Å². The van der Waals surface area contributed by atoms with Crippen molar-refractivity contribution >= 4 is 23.2 Å². The molecule has 1 aliphatic heterocycles. The van der Waals surface area contributed by atoms with Gasteiger partial charge in [-0.2, -0.15) is 4.98 Å². The van der Waals surface area contributed by atoms with Crippen molar-refractivity contribution in [1.29, 1.82) is 0 Å². The predicted octanol–water partition coefficient (Wildman–Crippen LogP) is 3.05. The molecule has 9 heteroatoms. The van der Waals surface area contributed by atoms with Gasteiger partial charge in [0.2, 0.25) is 17.6 Å². The lowest BCUT2D eigenvalue weighted by Gasteiger charge is -2.32. The minimum Gasteiger partial charge on any atom is -0.459 e. The molecule has 4 rings (SSSR count).